The fraction of sp³-hybridized carbons (Fsp3) is 0.429. The van der Waals surface area contributed by atoms with Crippen LogP contribution in [0.5, 0.6) is 0 Å². The summed E-state index contributed by atoms with van der Waals surface area (Å²) in [6, 6.07) is 0. The van der Waals surface area contributed by atoms with Crippen molar-refractivity contribution in [2.75, 3.05) is 13.1 Å². The first-order valence-electron chi connectivity index (χ1n) is 6.41. The molecule has 2 aliphatic rings. The van der Waals surface area contributed by atoms with Crippen molar-refractivity contribution in [3.8, 4) is 0 Å². The molecule has 0 spiro atoms. The van der Waals surface area contributed by atoms with Crippen molar-refractivity contribution in [1.82, 2.24) is 9.80 Å². The molecule has 0 fully saturated rings. The number of hydrogen-bond acceptors (Lipinski definition) is 4. The molecule has 0 N–H and O–H groups in total. The average Bonchev–Trinajstić information content (AvgIpc) is 2.77. The number of carbonyl (C=O) groups excluding carboxylic acids is 4. The zero-order valence-corrected chi connectivity index (χ0v) is 12.1. The van der Waals surface area contributed by atoms with Crippen LogP contribution in [0.2, 0.25) is 0 Å². The number of imide groups is 2. The molecule has 0 saturated heterocycles. The molecule has 2 rings (SSSR count). The molecular weight excluding hydrogens is 260 g/mol. The van der Waals surface area contributed by atoms with E-state index in [1.165, 1.54) is 22.0 Å². The van der Waals surface area contributed by atoms with Gasteiger partial charge >= 0.3 is 0 Å². The Bertz CT molecular complexity index is 483. The fourth-order valence-corrected chi connectivity index (χ4v) is 1.87. The van der Waals surface area contributed by atoms with Crippen molar-refractivity contribution in [2.45, 2.75) is 27.7 Å². The maximum atomic E-state index is 11.0. The van der Waals surface area contributed by atoms with Gasteiger partial charge in [-0.05, 0) is 27.7 Å². The van der Waals surface area contributed by atoms with E-state index >= 15 is 0 Å². The number of nitrogens with zero attached hydrogens (tertiary/aromatic N) is 2. The van der Waals surface area contributed by atoms with Crippen molar-refractivity contribution in [3.63, 3.8) is 0 Å². The molecule has 0 unspecified atom stereocenters. The van der Waals surface area contributed by atoms with Gasteiger partial charge in [0.05, 0.1) is 0 Å². The highest BCUT2D eigenvalue weighted by molar-refractivity contribution is 6.16. The van der Waals surface area contributed by atoms with Crippen molar-refractivity contribution < 1.29 is 19.2 Å². The normalized spacial score (nSPS) is 18.2. The maximum absolute atomic E-state index is 11.0. The molecule has 0 aromatic heterocycles. The van der Waals surface area contributed by atoms with E-state index in [9.17, 15) is 19.2 Å². The molecule has 6 nitrogen and oxygen atoms in total. The van der Waals surface area contributed by atoms with Crippen LogP contribution in [-0.2, 0) is 19.2 Å². The van der Waals surface area contributed by atoms with E-state index in [2.05, 4.69) is 0 Å². The highest BCUT2D eigenvalue weighted by Gasteiger charge is 2.26. The van der Waals surface area contributed by atoms with Crippen LogP contribution in [0.25, 0.3) is 0 Å². The van der Waals surface area contributed by atoms with Gasteiger partial charge in [0.1, 0.15) is 0 Å². The SMILES string of the molecule is CCN1C(=O)C=C(C)C1=O.CCN1C(=O)C=C(C)C1=O. The van der Waals surface area contributed by atoms with Crippen molar-refractivity contribution >= 4 is 23.6 Å². The predicted octanol–water partition coefficient (Wildman–Crippen LogP) is 0.643. The Morgan fingerprint density at radius 2 is 1.05 bits per heavy atom. The number of carbonyl (C=O) groups is 4. The van der Waals surface area contributed by atoms with Crippen LogP contribution in [0.15, 0.2) is 23.3 Å². The second kappa shape index (κ2) is 6.27. The molecule has 20 heavy (non-hydrogen) atoms. The molecule has 0 atom stereocenters. The van der Waals surface area contributed by atoms with Gasteiger partial charge in [0.2, 0.25) is 0 Å². The molecular formula is C14H18N2O4. The fourth-order valence-electron chi connectivity index (χ4n) is 1.87. The van der Waals surface area contributed by atoms with Gasteiger partial charge in [-0.1, -0.05) is 0 Å². The molecule has 108 valence electrons. The van der Waals surface area contributed by atoms with Crippen molar-refractivity contribution in [2.24, 2.45) is 0 Å². The third-order valence-electron chi connectivity index (χ3n) is 3.01. The lowest BCUT2D eigenvalue weighted by atomic mass is 10.3. The zero-order valence-electron chi connectivity index (χ0n) is 12.1. The van der Waals surface area contributed by atoms with Crippen molar-refractivity contribution in [1.29, 1.82) is 0 Å². The highest BCUT2D eigenvalue weighted by atomic mass is 16.2. The van der Waals surface area contributed by atoms with E-state index in [4.69, 9.17) is 0 Å². The Kier molecular flexibility index (Phi) is 4.96. The van der Waals surface area contributed by atoms with E-state index < -0.39 is 0 Å². The molecule has 0 aromatic rings. The highest BCUT2D eigenvalue weighted by Crippen LogP contribution is 2.11. The molecule has 2 heterocycles. The van der Waals surface area contributed by atoms with E-state index in [1.54, 1.807) is 27.7 Å². The first-order valence-corrected chi connectivity index (χ1v) is 6.41. The third-order valence-corrected chi connectivity index (χ3v) is 3.01. The van der Waals surface area contributed by atoms with Gasteiger partial charge in [-0.2, -0.15) is 0 Å². The van der Waals surface area contributed by atoms with E-state index in [0.717, 1.165) is 0 Å². The molecule has 0 aromatic carbocycles. The van der Waals surface area contributed by atoms with Crippen LogP contribution < -0.4 is 0 Å². The number of hydrogen-bond donors (Lipinski definition) is 0. The lowest BCUT2D eigenvalue weighted by molar-refractivity contribution is -0.138. The minimum Gasteiger partial charge on any atom is -0.275 e. The molecule has 0 aliphatic carbocycles. The Hall–Kier alpha value is -2.24. The maximum Gasteiger partial charge on any atom is 0.256 e. The summed E-state index contributed by atoms with van der Waals surface area (Å²) in [4.78, 5) is 46.1. The zero-order chi connectivity index (χ0) is 15.4. The minimum atomic E-state index is -0.190. The van der Waals surface area contributed by atoms with Gasteiger partial charge in [-0.15, -0.1) is 0 Å². The summed E-state index contributed by atoms with van der Waals surface area (Å²) in [5.74, 6) is -0.699. The molecule has 0 saturated carbocycles. The van der Waals surface area contributed by atoms with Crippen LogP contribution >= 0.6 is 0 Å². The van der Waals surface area contributed by atoms with Crippen LogP contribution in [-0.4, -0.2) is 46.5 Å². The average molecular weight is 278 g/mol. The van der Waals surface area contributed by atoms with E-state index in [0.29, 0.717) is 24.2 Å². The quantitative estimate of drug-likeness (QED) is 0.695. The molecule has 4 amide bonds. The Morgan fingerprint density at radius 1 is 0.750 bits per heavy atom. The summed E-state index contributed by atoms with van der Waals surface area (Å²) >= 11 is 0. The topological polar surface area (TPSA) is 74.8 Å². The Labute approximate surface area is 117 Å². The second-order valence-corrected chi connectivity index (χ2v) is 4.43. The summed E-state index contributed by atoms with van der Waals surface area (Å²) in [6.07, 6.45) is 2.73. The summed E-state index contributed by atoms with van der Waals surface area (Å²) in [7, 11) is 0. The summed E-state index contributed by atoms with van der Waals surface area (Å²) in [6.45, 7) is 7.78. The van der Waals surface area contributed by atoms with Gasteiger partial charge in [0, 0.05) is 36.4 Å². The lowest BCUT2D eigenvalue weighted by Gasteiger charge is -2.09. The molecule has 0 bridgehead atoms. The predicted molar refractivity (Wildman–Crippen MR) is 72.3 cm³/mol. The Morgan fingerprint density at radius 3 is 1.15 bits per heavy atom. The van der Waals surface area contributed by atoms with Gasteiger partial charge in [0.25, 0.3) is 23.6 Å². The van der Waals surface area contributed by atoms with Gasteiger partial charge in [-0.25, -0.2) is 0 Å². The summed E-state index contributed by atoms with van der Waals surface area (Å²) < 4.78 is 0. The van der Waals surface area contributed by atoms with Crippen LogP contribution in [0.1, 0.15) is 27.7 Å². The molecule has 0 radical (unpaired) electrons. The van der Waals surface area contributed by atoms with E-state index in [1.807, 2.05) is 0 Å². The lowest BCUT2D eigenvalue weighted by Crippen LogP contribution is -2.30. The van der Waals surface area contributed by atoms with Gasteiger partial charge < -0.3 is 0 Å². The van der Waals surface area contributed by atoms with Crippen molar-refractivity contribution in [3.05, 3.63) is 23.3 Å². The standard InChI is InChI=1S/2C7H9NO2/c2*1-3-8-6(9)4-5(2)7(8)10/h2*4H,3H2,1-2H3. The van der Waals surface area contributed by atoms with Crippen LogP contribution in [0.3, 0.4) is 0 Å². The molecule has 6 heteroatoms. The first kappa shape index (κ1) is 15.8. The smallest absolute Gasteiger partial charge is 0.256 e. The summed E-state index contributed by atoms with van der Waals surface area (Å²) in [5, 5.41) is 0. The van der Waals surface area contributed by atoms with Crippen LogP contribution in [0.4, 0.5) is 0 Å². The third kappa shape index (κ3) is 3.01. The van der Waals surface area contributed by atoms with Gasteiger partial charge in [0.15, 0.2) is 0 Å². The first-order chi connectivity index (χ1) is 9.33. The molecule has 2 aliphatic heterocycles. The minimum absolute atomic E-state index is 0.160. The summed E-state index contributed by atoms with van der Waals surface area (Å²) in [5.41, 5.74) is 1.07. The van der Waals surface area contributed by atoms with E-state index in [-0.39, 0.29) is 23.6 Å². The number of likely N-dealkylation sites (N-methyl/N-ethyl adjacent to an activating group) is 2. The van der Waals surface area contributed by atoms with Gasteiger partial charge in [-0.3, -0.25) is 29.0 Å². The number of rotatable bonds is 2. The largest absolute Gasteiger partial charge is 0.275 e. The monoisotopic (exact) mass is 278 g/mol. The second-order valence-electron chi connectivity index (χ2n) is 4.43. The van der Waals surface area contributed by atoms with Crippen LogP contribution in [0, 0.1) is 0 Å². The Balaban J connectivity index is 0.000000200. The number of amides is 4.